The third-order valence-corrected chi connectivity index (χ3v) is 4.01. The summed E-state index contributed by atoms with van der Waals surface area (Å²) >= 11 is 1.34. The maximum absolute atomic E-state index is 11.7. The Bertz CT molecular complexity index is 489. The van der Waals surface area contributed by atoms with Crippen molar-refractivity contribution >= 4 is 23.6 Å². The Morgan fingerprint density at radius 1 is 1.33 bits per heavy atom. The summed E-state index contributed by atoms with van der Waals surface area (Å²) < 4.78 is 1.78. The molecule has 0 aliphatic heterocycles. The summed E-state index contributed by atoms with van der Waals surface area (Å²) in [4.78, 5) is 22.0. The van der Waals surface area contributed by atoms with E-state index < -0.39 is 5.97 Å². The molecule has 116 valence electrons. The topological polar surface area (TPSA) is 110 Å². The molecular formula is C12H19N5O3S. The highest BCUT2D eigenvalue weighted by molar-refractivity contribution is 7.99. The van der Waals surface area contributed by atoms with Gasteiger partial charge in [0.2, 0.25) is 11.1 Å². The van der Waals surface area contributed by atoms with Gasteiger partial charge >= 0.3 is 5.97 Å². The second-order valence-corrected chi connectivity index (χ2v) is 5.92. The number of carboxylic acid groups (broad SMARTS) is 1. The molecule has 0 bridgehead atoms. The number of unbranched alkanes of at least 4 members (excludes halogenated alkanes) is 2. The van der Waals surface area contributed by atoms with Crippen molar-refractivity contribution in [2.24, 2.45) is 0 Å². The average molecular weight is 313 g/mol. The maximum Gasteiger partial charge on any atom is 0.303 e. The van der Waals surface area contributed by atoms with E-state index in [4.69, 9.17) is 5.11 Å². The maximum atomic E-state index is 11.7. The minimum atomic E-state index is -0.774. The van der Waals surface area contributed by atoms with E-state index in [1.54, 1.807) is 4.68 Å². The molecule has 8 nitrogen and oxygen atoms in total. The number of rotatable bonds is 10. The van der Waals surface area contributed by atoms with Gasteiger partial charge in [-0.05, 0) is 36.1 Å². The van der Waals surface area contributed by atoms with Crippen LogP contribution in [0.15, 0.2) is 5.16 Å². The van der Waals surface area contributed by atoms with Crippen LogP contribution >= 0.6 is 11.8 Å². The standard InChI is InChI=1S/C12H19N5O3S/c18-10(13-7-3-1-2-4-11(19)20)8-21-12-14-15-16-17(12)9-5-6-9/h9H,1-8H2,(H,13,18)(H,19,20). The molecule has 1 aliphatic carbocycles. The van der Waals surface area contributed by atoms with Crippen molar-refractivity contribution in [1.29, 1.82) is 0 Å². The van der Waals surface area contributed by atoms with Crippen LogP contribution in [0, 0.1) is 0 Å². The van der Waals surface area contributed by atoms with E-state index in [0.717, 1.165) is 25.7 Å². The van der Waals surface area contributed by atoms with Crippen LogP contribution in [-0.4, -0.2) is 49.5 Å². The lowest BCUT2D eigenvalue weighted by atomic mass is 10.2. The fourth-order valence-corrected chi connectivity index (χ4v) is 2.59. The van der Waals surface area contributed by atoms with Gasteiger partial charge in [-0.2, -0.15) is 0 Å². The first-order chi connectivity index (χ1) is 10.2. The molecule has 0 atom stereocenters. The van der Waals surface area contributed by atoms with Crippen LogP contribution in [0.1, 0.15) is 44.6 Å². The Morgan fingerprint density at radius 3 is 2.86 bits per heavy atom. The van der Waals surface area contributed by atoms with Crippen molar-refractivity contribution in [1.82, 2.24) is 25.5 Å². The molecule has 0 aromatic carbocycles. The number of nitrogens with zero attached hydrogens (tertiary/aromatic N) is 4. The number of hydrogen-bond acceptors (Lipinski definition) is 6. The van der Waals surface area contributed by atoms with Crippen molar-refractivity contribution in [3.8, 4) is 0 Å². The van der Waals surface area contributed by atoms with Crippen LogP contribution in [-0.2, 0) is 9.59 Å². The van der Waals surface area contributed by atoms with Gasteiger partial charge in [-0.1, -0.05) is 18.2 Å². The van der Waals surface area contributed by atoms with Gasteiger partial charge in [-0.25, -0.2) is 4.68 Å². The summed E-state index contributed by atoms with van der Waals surface area (Å²) in [5.74, 6) is -0.533. The predicted molar refractivity (Wildman–Crippen MR) is 75.9 cm³/mol. The number of tetrazole rings is 1. The zero-order valence-electron chi connectivity index (χ0n) is 11.7. The lowest BCUT2D eigenvalue weighted by Gasteiger charge is -2.05. The summed E-state index contributed by atoms with van der Waals surface area (Å²) in [5.41, 5.74) is 0. The number of aliphatic carboxylic acids is 1. The number of carbonyl (C=O) groups is 2. The molecule has 1 aromatic rings. The normalized spacial score (nSPS) is 14.1. The van der Waals surface area contributed by atoms with Gasteiger partial charge in [0.05, 0.1) is 11.8 Å². The van der Waals surface area contributed by atoms with Crippen molar-refractivity contribution < 1.29 is 14.7 Å². The molecule has 1 aliphatic rings. The van der Waals surface area contributed by atoms with Crippen LogP contribution in [0.3, 0.4) is 0 Å². The van der Waals surface area contributed by atoms with Gasteiger partial charge in [0.15, 0.2) is 0 Å². The quantitative estimate of drug-likeness (QED) is 0.487. The van der Waals surface area contributed by atoms with Crippen LogP contribution in [0.2, 0.25) is 0 Å². The number of aromatic nitrogens is 4. The molecule has 9 heteroatoms. The summed E-state index contributed by atoms with van der Waals surface area (Å²) in [7, 11) is 0. The molecule has 0 unspecified atom stereocenters. The third kappa shape index (κ3) is 5.70. The molecule has 0 spiro atoms. The molecule has 1 saturated carbocycles. The molecule has 1 fully saturated rings. The Labute approximate surface area is 126 Å². The molecule has 1 amide bonds. The van der Waals surface area contributed by atoms with Gasteiger partial charge in [0, 0.05) is 13.0 Å². The Morgan fingerprint density at radius 2 is 2.14 bits per heavy atom. The Hall–Kier alpha value is -1.64. The second-order valence-electron chi connectivity index (χ2n) is 4.98. The summed E-state index contributed by atoms with van der Waals surface area (Å²) in [6.07, 6.45) is 4.63. The lowest BCUT2D eigenvalue weighted by Crippen LogP contribution is -2.26. The summed E-state index contributed by atoms with van der Waals surface area (Å²) in [5, 5.41) is 23.5. The number of carboxylic acids is 1. The van der Waals surface area contributed by atoms with Crippen molar-refractivity contribution in [2.45, 2.75) is 49.7 Å². The Balaban J connectivity index is 1.55. The monoisotopic (exact) mass is 313 g/mol. The number of nitrogens with one attached hydrogen (secondary N) is 1. The van der Waals surface area contributed by atoms with E-state index in [0.29, 0.717) is 29.9 Å². The Kier molecular flexibility index (Phi) is 5.97. The summed E-state index contributed by atoms with van der Waals surface area (Å²) in [6.45, 7) is 0.576. The molecule has 21 heavy (non-hydrogen) atoms. The van der Waals surface area contributed by atoms with Gasteiger partial charge in [-0.3, -0.25) is 9.59 Å². The van der Waals surface area contributed by atoms with Crippen LogP contribution in [0.5, 0.6) is 0 Å². The highest BCUT2D eigenvalue weighted by atomic mass is 32.2. The molecule has 0 radical (unpaired) electrons. The molecule has 1 heterocycles. The third-order valence-electron chi connectivity index (χ3n) is 3.08. The highest BCUT2D eigenvalue weighted by Crippen LogP contribution is 2.36. The van der Waals surface area contributed by atoms with E-state index in [1.165, 1.54) is 11.8 Å². The van der Waals surface area contributed by atoms with E-state index in [9.17, 15) is 9.59 Å². The molecule has 1 aromatic heterocycles. The van der Waals surface area contributed by atoms with Crippen LogP contribution < -0.4 is 5.32 Å². The van der Waals surface area contributed by atoms with Crippen molar-refractivity contribution in [3.63, 3.8) is 0 Å². The number of thioether (sulfide) groups is 1. The molecular weight excluding hydrogens is 294 g/mol. The zero-order valence-corrected chi connectivity index (χ0v) is 12.5. The highest BCUT2D eigenvalue weighted by Gasteiger charge is 2.28. The number of hydrogen-bond donors (Lipinski definition) is 2. The van der Waals surface area contributed by atoms with Gasteiger partial charge < -0.3 is 10.4 Å². The lowest BCUT2D eigenvalue weighted by molar-refractivity contribution is -0.137. The van der Waals surface area contributed by atoms with Gasteiger partial charge in [0.25, 0.3) is 0 Å². The van der Waals surface area contributed by atoms with Crippen molar-refractivity contribution in [3.05, 3.63) is 0 Å². The van der Waals surface area contributed by atoms with E-state index >= 15 is 0 Å². The van der Waals surface area contributed by atoms with Crippen LogP contribution in [0.4, 0.5) is 0 Å². The van der Waals surface area contributed by atoms with E-state index in [2.05, 4.69) is 20.8 Å². The fraction of sp³-hybridized carbons (Fsp3) is 0.750. The summed E-state index contributed by atoms with van der Waals surface area (Å²) in [6, 6.07) is 0.403. The minimum Gasteiger partial charge on any atom is -0.481 e. The van der Waals surface area contributed by atoms with E-state index in [1.807, 2.05) is 0 Å². The SMILES string of the molecule is O=C(O)CCCCCNC(=O)CSc1nnnn1C1CC1. The first-order valence-electron chi connectivity index (χ1n) is 7.06. The first-order valence-corrected chi connectivity index (χ1v) is 8.04. The molecule has 2 N–H and O–H groups in total. The minimum absolute atomic E-state index is 0.0522. The molecule has 0 saturated heterocycles. The smallest absolute Gasteiger partial charge is 0.303 e. The number of amides is 1. The van der Waals surface area contributed by atoms with Crippen LogP contribution in [0.25, 0.3) is 0 Å². The van der Waals surface area contributed by atoms with E-state index in [-0.39, 0.29) is 12.3 Å². The van der Waals surface area contributed by atoms with Crippen molar-refractivity contribution in [2.75, 3.05) is 12.3 Å². The largest absolute Gasteiger partial charge is 0.481 e. The first kappa shape index (κ1) is 15.7. The second kappa shape index (κ2) is 7.96. The van der Waals surface area contributed by atoms with Gasteiger partial charge in [0.1, 0.15) is 0 Å². The predicted octanol–water partition coefficient (Wildman–Crippen LogP) is 0.861. The average Bonchev–Trinajstić information content (AvgIpc) is 3.19. The van der Waals surface area contributed by atoms with Gasteiger partial charge in [-0.15, -0.1) is 5.10 Å². The fourth-order valence-electron chi connectivity index (χ4n) is 1.82. The molecule has 2 rings (SSSR count). The zero-order chi connectivity index (χ0) is 15.1. The number of carbonyl (C=O) groups excluding carboxylic acids is 1.